The van der Waals surface area contributed by atoms with Crippen molar-refractivity contribution in [2.75, 3.05) is 56.0 Å². The van der Waals surface area contributed by atoms with Crippen molar-refractivity contribution in [1.29, 1.82) is 0 Å². The maximum absolute atomic E-state index is 15.0. The Bertz CT molecular complexity index is 1300. The molecule has 2 aliphatic heterocycles. The minimum Gasteiger partial charge on any atom is -0.392 e. The molecule has 2 heterocycles. The summed E-state index contributed by atoms with van der Waals surface area (Å²) in [4.78, 5) is 30.6. The van der Waals surface area contributed by atoms with E-state index in [4.69, 9.17) is 11.6 Å². The highest BCUT2D eigenvalue weighted by Gasteiger charge is 2.32. The molecule has 2 aromatic rings. The van der Waals surface area contributed by atoms with Crippen molar-refractivity contribution >= 4 is 34.8 Å². The van der Waals surface area contributed by atoms with Crippen LogP contribution in [0.1, 0.15) is 35.7 Å². The van der Waals surface area contributed by atoms with E-state index in [-0.39, 0.29) is 36.9 Å². The van der Waals surface area contributed by atoms with Gasteiger partial charge in [-0.3, -0.25) is 19.4 Å². The van der Waals surface area contributed by atoms with Crippen LogP contribution >= 0.6 is 11.6 Å². The predicted molar refractivity (Wildman–Crippen MR) is 149 cm³/mol. The molecular formula is C28H33ClF5N5O3. The standard InChI is InChI=1S/C28H33ClF5N5O3/c1-17-14-39(11-10-38(17)9-7-28(32,33)34)23-12-19(29)3-5-22(23)36-27(42)21-4-2-18(25(30)26(21)31)13-35-24(41)16-37-8-6-20(40)15-37/h2-5,12,17,20,40H,6-11,13-16H2,1H3,(H,35,41)(H,36,42)/t17-,20-/m0/s1. The lowest BCUT2D eigenvalue weighted by atomic mass is 10.1. The molecule has 2 saturated heterocycles. The van der Waals surface area contributed by atoms with Crippen LogP contribution in [0.2, 0.25) is 5.02 Å². The molecule has 2 amide bonds. The number of hydrogen-bond donors (Lipinski definition) is 3. The maximum atomic E-state index is 15.0. The number of nitrogens with one attached hydrogen (secondary N) is 2. The molecule has 230 valence electrons. The second-order valence-corrected chi connectivity index (χ2v) is 11.1. The van der Waals surface area contributed by atoms with E-state index < -0.39 is 47.7 Å². The van der Waals surface area contributed by atoms with Crippen LogP contribution in [0.15, 0.2) is 30.3 Å². The van der Waals surface area contributed by atoms with Gasteiger partial charge in [-0.1, -0.05) is 17.7 Å². The molecule has 0 aromatic heterocycles. The van der Waals surface area contributed by atoms with Crippen LogP contribution in [-0.4, -0.2) is 90.9 Å². The highest BCUT2D eigenvalue weighted by molar-refractivity contribution is 6.31. The lowest BCUT2D eigenvalue weighted by Gasteiger charge is -2.41. The minimum absolute atomic E-state index is 0.0203. The molecule has 14 heteroatoms. The Hall–Kier alpha value is -3.00. The summed E-state index contributed by atoms with van der Waals surface area (Å²) in [7, 11) is 0. The first-order chi connectivity index (χ1) is 19.8. The number of β-amino-alcohol motifs (C(OH)–C–C–N with tert-alkyl or cyclic N) is 1. The molecule has 0 spiro atoms. The highest BCUT2D eigenvalue weighted by atomic mass is 35.5. The number of nitrogens with zero attached hydrogens (tertiary/aromatic N) is 3. The lowest BCUT2D eigenvalue weighted by molar-refractivity contribution is -0.139. The minimum atomic E-state index is -4.25. The maximum Gasteiger partial charge on any atom is 0.390 e. The summed E-state index contributed by atoms with van der Waals surface area (Å²) in [6.07, 6.45) is -5.08. The molecule has 42 heavy (non-hydrogen) atoms. The van der Waals surface area contributed by atoms with Gasteiger partial charge in [0.05, 0.1) is 36.0 Å². The first-order valence-corrected chi connectivity index (χ1v) is 14.0. The van der Waals surface area contributed by atoms with Crippen molar-refractivity contribution in [3.63, 3.8) is 0 Å². The zero-order valence-electron chi connectivity index (χ0n) is 23.0. The smallest absolute Gasteiger partial charge is 0.390 e. The van der Waals surface area contributed by atoms with Crippen LogP contribution in [0.5, 0.6) is 0 Å². The van der Waals surface area contributed by atoms with Gasteiger partial charge in [0.1, 0.15) is 0 Å². The van der Waals surface area contributed by atoms with Gasteiger partial charge in [0.15, 0.2) is 11.6 Å². The number of likely N-dealkylation sites (tertiary alicyclic amines) is 1. The molecule has 8 nitrogen and oxygen atoms in total. The van der Waals surface area contributed by atoms with Crippen LogP contribution in [0.4, 0.5) is 33.3 Å². The number of anilines is 2. The quantitative estimate of drug-likeness (QED) is 0.369. The van der Waals surface area contributed by atoms with Crippen molar-refractivity contribution < 1.29 is 36.6 Å². The number of hydrogen-bond acceptors (Lipinski definition) is 6. The number of piperazine rings is 1. The summed E-state index contributed by atoms with van der Waals surface area (Å²) in [5, 5.41) is 15.0. The first kappa shape index (κ1) is 31.9. The van der Waals surface area contributed by atoms with Crippen molar-refractivity contribution in [2.24, 2.45) is 0 Å². The number of aliphatic hydroxyl groups excluding tert-OH is 1. The molecule has 2 aromatic carbocycles. The number of carbonyl (C=O) groups is 2. The van der Waals surface area contributed by atoms with E-state index in [0.29, 0.717) is 49.9 Å². The van der Waals surface area contributed by atoms with Crippen LogP contribution in [0.3, 0.4) is 0 Å². The van der Waals surface area contributed by atoms with Crippen molar-refractivity contribution in [1.82, 2.24) is 15.1 Å². The molecule has 2 atom stereocenters. The van der Waals surface area contributed by atoms with Gasteiger partial charge < -0.3 is 20.6 Å². The fourth-order valence-electron chi connectivity index (χ4n) is 5.19. The molecule has 4 rings (SSSR count). The van der Waals surface area contributed by atoms with Crippen molar-refractivity contribution in [3.05, 3.63) is 58.1 Å². The van der Waals surface area contributed by atoms with E-state index >= 15 is 0 Å². The van der Waals surface area contributed by atoms with Crippen LogP contribution in [-0.2, 0) is 11.3 Å². The first-order valence-electron chi connectivity index (χ1n) is 13.6. The lowest BCUT2D eigenvalue weighted by Crippen LogP contribution is -2.52. The average Bonchev–Trinajstić information content (AvgIpc) is 3.33. The fourth-order valence-corrected chi connectivity index (χ4v) is 5.35. The third-order valence-corrected chi connectivity index (χ3v) is 7.73. The second-order valence-electron chi connectivity index (χ2n) is 10.7. The summed E-state index contributed by atoms with van der Waals surface area (Å²) >= 11 is 6.20. The fraction of sp³-hybridized carbons (Fsp3) is 0.500. The Morgan fingerprint density at radius 2 is 1.83 bits per heavy atom. The SMILES string of the molecule is C[C@H]1CN(c2cc(Cl)ccc2NC(=O)c2ccc(CNC(=O)CN3CC[C@H](O)C3)c(F)c2F)CCN1CCC(F)(F)F. The summed E-state index contributed by atoms with van der Waals surface area (Å²) in [5.41, 5.74) is 0.107. The summed E-state index contributed by atoms with van der Waals surface area (Å²) < 4.78 is 67.9. The Morgan fingerprint density at radius 3 is 2.50 bits per heavy atom. The molecule has 0 aliphatic carbocycles. The summed E-state index contributed by atoms with van der Waals surface area (Å²) in [5.74, 6) is -3.95. The number of carbonyl (C=O) groups excluding carboxylic acids is 2. The van der Waals surface area contributed by atoms with Gasteiger partial charge >= 0.3 is 6.18 Å². The molecule has 2 aliphatic rings. The normalized spacial score (nSPS) is 20.1. The van der Waals surface area contributed by atoms with Gasteiger partial charge in [0.2, 0.25) is 5.91 Å². The number of benzene rings is 2. The average molecular weight is 618 g/mol. The van der Waals surface area contributed by atoms with Crippen LogP contribution in [0.25, 0.3) is 0 Å². The Kier molecular flexibility index (Phi) is 10.3. The van der Waals surface area contributed by atoms with E-state index in [1.165, 1.54) is 18.2 Å². The van der Waals surface area contributed by atoms with E-state index in [1.54, 1.807) is 15.9 Å². The number of amides is 2. The molecule has 0 unspecified atom stereocenters. The number of rotatable bonds is 9. The summed E-state index contributed by atoms with van der Waals surface area (Å²) in [6.45, 7) is 3.45. The van der Waals surface area contributed by atoms with Gasteiger partial charge in [-0.2, -0.15) is 13.2 Å². The zero-order valence-corrected chi connectivity index (χ0v) is 23.7. The molecule has 2 fully saturated rings. The molecule has 0 radical (unpaired) electrons. The van der Waals surface area contributed by atoms with Gasteiger partial charge in [-0.15, -0.1) is 0 Å². The molecule has 0 saturated carbocycles. The number of aliphatic hydroxyl groups is 1. The van der Waals surface area contributed by atoms with Crippen molar-refractivity contribution in [3.8, 4) is 0 Å². The van der Waals surface area contributed by atoms with E-state index in [0.717, 1.165) is 6.07 Å². The van der Waals surface area contributed by atoms with Crippen molar-refractivity contribution in [2.45, 2.75) is 44.6 Å². The zero-order chi connectivity index (χ0) is 30.6. The van der Waals surface area contributed by atoms with E-state index in [9.17, 15) is 36.6 Å². The number of halogens is 6. The third kappa shape index (κ3) is 8.30. The number of alkyl halides is 3. The Balaban J connectivity index is 1.40. The summed E-state index contributed by atoms with van der Waals surface area (Å²) in [6, 6.07) is 6.77. The van der Waals surface area contributed by atoms with E-state index in [1.807, 2.05) is 11.8 Å². The Labute approximate surface area is 245 Å². The Morgan fingerprint density at radius 1 is 1.07 bits per heavy atom. The topological polar surface area (TPSA) is 88.2 Å². The highest BCUT2D eigenvalue weighted by Crippen LogP contribution is 2.32. The van der Waals surface area contributed by atoms with Gasteiger partial charge in [0, 0.05) is 62.4 Å². The molecular weight excluding hydrogens is 585 g/mol. The van der Waals surface area contributed by atoms with Gasteiger partial charge in [-0.25, -0.2) is 8.78 Å². The van der Waals surface area contributed by atoms with Crippen LogP contribution < -0.4 is 15.5 Å². The largest absolute Gasteiger partial charge is 0.392 e. The van der Waals surface area contributed by atoms with Gasteiger partial charge in [0.25, 0.3) is 5.91 Å². The predicted octanol–water partition coefficient (Wildman–Crippen LogP) is 4.02. The molecule has 0 bridgehead atoms. The van der Waals surface area contributed by atoms with E-state index in [2.05, 4.69) is 10.6 Å². The van der Waals surface area contributed by atoms with Gasteiger partial charge in [-0.05, 0) is 37.6 Å². The molecule has 3 N–H and O–H groups in total. The third-order valence-electron chi connectivity index (χ3n) is 7.49. The monoisotopic (exact) mass is 617 g/mol. The van der Waals surface area contributed by atoms with Crippen LogP contribution in [0, 0.1) is 11.6 Å². The second kappa shape index (κ2) is 13.5.